The van der Waals surface area contributed by atoms with E-state index in [0.717, 1.165) is 16.1 Å². The van der Waals surface area contributed by atoms with Crippen molar-refractivity contribution in [2.24, 2.45) is 0 Å². The van der Waals surface area contributed by atoms with Gasteiger partial charge in [-0.1, -0.05) is 0 Å². The molecule has 4 heterocycles. The maximum absolute atomic E-state index is 12.7. The third kappa shape index (κ3) is 3.49. The summed E-state index contributed by atoms with van der Waals surface area (Å²) in [6.45, 7) is 6.42. The molecule has 27 heavy (non-hydrogen) atoms. The fourth-order valence-corrected chi connectivity index (χ4v) is 4.38. The number of hydrogen-bond acceptors (Lipinski definition) is 6. The highest BCUT2D eigenvalue weighted by atomic mass is 32.1. The smallest absolute Gasteiger partial charge is 0.410 e. The van der Waals surface area contributed by atoms with E-state index in [-0.39, 0.29) is 12.0 Å². The highest BCUT2D eigenvalue weighted by molar-refractivity contribution is 7.18. The summed E-state index contributed by atoms with van der Waals surface area (Å²) < 4.78 is 5.46. The van der Waals surface area contributed by atoms with Crippen LogP contribution < -0.4 is 10.6 Å². The predicted molar refractivity (Wildman–Crippen MR) is 104 cm³/mol. The van der Waals surface area contributed by atoms with Crippen molar-refractivity contribution >= 4 is 29.0 Å². The van der Waals surface area contributed by atoms with E-state index in [4.69, 9.17) is 4.74 Å². The molecule has 7 nitrogen and oxygen atoms in total. The first-order valence-electron chi connectivity index (χ1n) is 8.88. The Morgan fingerprint density at radius 2 is 2.04 bits per heavy atom. The third-order valence-electron chi connectivity index (χ3n) is 4.55. The first kappa shape index (κ1) is 17.8. The largest absolute Gasteiger partial charge is 0.444 e. The van der Waals surface area contributed by atoms with Crippen LogP contribution in [0.1, 0.15) is 36.9 Å². The number of carbonyl (C=O) groups excluding carboxylic acids is 2. The molecule has 8 heteroatoms. The molecule has 0 bridgehead atoms. The highest BCUT2D eigenvalue weighted by Crippen LogP contribution is 2.39. The van der Waals surface area contributed by atoms with Gasteiger partial charge < -0.3 is 20.3 Å². The lowest BCUT2D eigenvalue weighted by Gasteiger charge is -2.36. The van der Waals surface area contributed by atoms with Crippen molar-refractivity contribution in [1.82, 2.24) is 15.2 Å². The number of pyridine rings is 1. The van der Waals surface area contributed by atoms with Crippen LogP contribution in [0.2, 0.25) is 0 Å². The van der Waals surface area contributed by atoms with Crippen LogP contribution in [0.4, 0.5) is 10.5 Å². The number of rotatable bonds is 1. The Bertz CT molecular complexity index is 890. The molecule has 2 aromatic heterocycles. The Balaban J connectivity index is 1.54. The van der Waals surface area contributed by atoms with Gasteiger partial charge >= 0.3 is 6.09 Å². The van der Waals surface area contributed by atoms with E-state index < -0.39 is 11.3 Å². The van der Waals surface area contributed by atoms with Crippen LogP contribution in [0.15, 0.2) is 30.6 Å². The zero-order chi connectivity index (χ0) is 19.2. The second-order valence-electron chi connectivity index (χ2n) is 7.90. The molecule has 4 rings (SSSR count). The zero-order valence-corrected chi connectivity index (χ0v) is 16.4. The number of carbonyl (C=O) groups is 2. The summed E-state index contributed by atoms with van der Waals surface area (Å²) in [4.78, 5) is 32.4. The average molecular weight is 386 g/mol. The minimum Gasteiger partial charge on any atom is -0.444 e. The van der Waals surface area contributed by atoms with E-state index >= 15 is 0 Å². The Kier molecular flexibility index (Phi) is 4.10. The summed E-state index contributed by atoms with van der Waals surface area (Å²) in [5.74, 6) is -0.111. The molecular formula is C19H22N4O3S. The van der Waals surface area contributed by atoms with Crippen LogP contribution >= 0.6 is 11.3 Å². The molecule has 1 atom stereocenters. The van der Waals surface area contributed by atoms with Crippen molar-refractivity contribution in [2.45, 2.75) is 38.5 Å². The highest BCUT2D eigenvalue weighted by Gasteiger charge is 2.46. The predicted octanol–water partition coefficient (Wildman–Crippen LogP) is 3.30. The van der Waals surface area contributed by atoms with Gasteiger partial charge in [0.1, 0.15) is 16.1 Å². The molecule has 2 N–H and O–H groups in total. The molecule has 142 valence electrons. The average Bonchev–Trinajstić information content (AvgIpc) is 3.19. The Morgan fingerprint density at radius 3 is 2.74 bits per heavy atom. The first-order chi connectivity index (χ1) is 12.7. The van der Waals surface area contributed by atoms with Gasteiger partial charge in [-0.25, -0.2) is 4.79 Å². The van der Waals surface area contributed by atoms with Gasteiger partial charge in [0.05, 0.1) is 12.2 Å². The summed E-state index contributed by atoms with van der Waals surface area (Å²) in [5, 5.41) is 6.51. The van der Waals surface area contributed by atoms with Crippen molar-refractivity contribution in [1.29, 1.82) is 0 Å². The lowest BCUT2D eigenvalue weighted by Crippen LogP contribution is -2.59. The van der Waals surface area contributed by atoms with Crippen molar-refractivity contribution in [3.63, 3.8) is 0 Å². The molecule has 2 aromatic rings. The van der Waals surface area contributed by atoms with Gasteiger partial charge in [0, 0.05) is 30.2 Å². The summed E-state index contributed by atoms with van der Waals surface area (Å²) in [7, 11) is 0. The number of fused-ring (bicyclic) bond motifs is 1. The minimum atomic E-state index is -0.655. The second kappa shape index (κ2) is 6.23. The van der Waals surface area contributed by atoms with E-state index in [1.54, 1.807) is 17.3 Å². The Morgan fingerprint density at radius 1 is 1.30 bits per heavy atom. The lowest BCUT2D eigenvalue weighted by molar-refractivity contribution is 0.0281. The van der Waals surface area contributed by atoms with Gasteiger partial charge in [-0.05, 0) is 44.5 Å². The maximum Gasteiger partial charge on any atom is 0.410 e. The molecule has 0 aliphatic carbocycles. The van der Waals surface area contributed by atoms with Crippen LogP contribution in [0, 0.1) is 0 Å². The molecule has 0 aromatic carbocycles. The number of hydrogen-bond donors (Lipinski definition) is 2. The van der Waals surface area contributed by atoms with E-state index in [2.05, 4.69) is 15.6 Å². The number of thiophene rings is 1. The number of likely N-dealkylation sites (tertiary alicyclic amines) is 1. The summed E-state index contributed by atoms with van der Waals surface area (Å²) in [6, 6.07) is 5.83. The number of nitrogens with one attached hydrogen (secondary N) is 2. The van der Waals surface area contributed by atoms with Gasteiger partial charge in [-0.15, -0.1) is 11.3 Å². The van der Waals surface area contributed by atoms with Gasteiger partial charge in [-0.3, -0.25) is 9.78 Å². The number of aromatic nitrogens is 1. The maximum atomic E-state index is 12.7. The molecule has 2 aliphatic rings. The van der Waals surface area contributed by atoms with Crippen LogP contribution in [0.3, 0.4) is 0 Å². The molecule has 2 aliphatic heterocycles. The second-order valence-corrected chi connectivity index (χ2v) is 8.95. The Labute approximate surface area is 161 Å². The molecule has 1 spiro atoms. The van der Waals surface area contributed by atoms with Gasteiger partial charge in [0.25, 0.3) is 5.91 Å². The molecule has 1 unspecified atom stereocenters. The molecule has 1 saturated heterocycles. The van der Waals surface area contributed by atoms with Crippen molar-refractivity contribution in [3.05, 3.63) is 35.5 Å². The molecule has 1 fully saturated rings. The van der Waals surface area contributed by atoms with Crippen LogP contribution in [0.5, 0.6) is 0 Å². The fraction of sp³-hybridized carbons (Fsp3) is 0.421. The number of amides is 2. The summed E-state index contributed by atoms with van der Waals surface area (Å²) in [6.07, 6.45) is 3.74. The monoisotopic (exact) mass is 386 g/mol. The van der Waals surface area contributed by atoms with E-state index in [1.165, 1.54) is 11.3 Å². The van der Waals surface area contributed by atoms with Gasteiger partial charge in [0.2, 0.25) is 0 Å². The third-order valence-corrected chi connectivity index (χ3v) is 5.73. The molecular weight excluding hydrogens is 364 g/mol. The Hall–Kier alpha value is -2.61. The van der Waals surface area contributed by atoms with Gasteiger partial charge in [0.15, 0.2) is 0 Å². The van der Waals surface area contributed by atoms with Crippen molar-refractivity contribution < 1.29 is 14.3 Å². The summed E-state index contributed by atoms with van der Waals surface area (Å²) >= 11 is 1.45. The van der Waals surface area contributed by atoms with Crippen LogP contribution in [-0.4, -0.2) is 46.2 Å². The zero-order valence-electron chi connectivity index (χ0n) is 15.5. The normalized spacial score (nSPS) is 21.6. The number of anilines is 1. The van der Waals surface area contributed by atoms with Crippen molar-refractivity contribution in [3.8, 4) is 10.4 Å². The molecule has 2 amide bonds. The first-order valence-corrected chi connectivity index (χ1v) is 9.69. The molecule has 0 radical (unpaired) electrons. The SMILES string of the molecule is CC(C)(C)OC(=O)N1CCC2(C1)NC(=O)c1sc(-c3ccncc3)cc1N2. The fourth-order valence-electron chi connectivity index (χ4n) is 3.37. The quantitative estimate of drug-likeness (QED) is 0.786. The number of nitrogens with zero attached hydrogens (tertiary/aromatic N) is 2. The van der Waals surface area contributed by atoms with E-state index in [1.807, 2.05) is 39.0 Å². The van der Waals surface area contributed by atoms with Gasteiger partial charge in [-0.2, -0.15) is 0 Å². The van der Waals surface area contributed by atoms with E-state index in [9.17, 15) is 9.59 Å². The molecule has 0 saturated carbocycles. The minimum absolute atomic E-state index is 0.111. The van der Waals surface area contributed by atoms with Crippen LogP contribution in [0.25, 0.3) is 10.4 Å². The summed E-state index contributed by atoms with van der Waals surface area (Å²) in [5.41, 5.74) is 0.629. The number of ether oxygens (including phenoxy) is 1. The van der Waals surface area contributed by atoms with E-state index in [0.29, 0.717) is 24.4 Å². The van der Waals surface area contributed by atoms with Crippen LogP contribution in [-0.2, 0) is 4.74 Å². The lowest BCUT2D eigenvalue weighted by atomic mass is 10.1. The standard InChI is InChI=1S/C19H22N4O3S/c1-18(2,3)26-17(25)23-9-6-19(11-23)21-13-10-14(12-4-7-20-8-5-12)27-15(13)16(24)22-19/h4-5,7-8,10,21H,6,9,11H2,1-3H3,(H,22,24). The topological polar surface area (TPSA) is 83.6 Å². The van der Waals surface area contributed by atoms with Crippen molar-refractivity contribution in [2.75, 3.05) is 18.4 Å².